The lowest BCUT2D eigenvalue weighted by Gasteiger charge is -2.20. The molecule has 0 heterocycles. The van der Waals surface area contributed by atoms with Gasteiger partial charge in [-0.1, -0.05) is 77.2 Å². The van der Waals surface area contributed by atoms with Gasteiger partial charge in [0.25, 0.3) is 11.8 Å². The number of carbonyl (C=O) groups excluding carboxylic acids is 2. The molecule has 182 valence electrons. The number of hydrogen-bond acceptors (Lipinski definition) is 4. The van der Waals surface area contributed by atoms with E-state index in [0.717, 1.165) is 10.0 Å². The lowest BCUT2D eigenvalue weighted by atomic mass is 10.0. The number of nitrogens with zero attached hydrogens (tertiary/aromatic N) is 1. The van der Waals surface area contributed by atoms with Gasteiger partial charge in [-0.15, -0.1) is 0 Å². The minimum absolute atomic E-state index is 0.182. The summed E-state index contributed by atoms with van der Waals surface area (Å²) in [5.41, 5.74) is 4.53. The monoisotopic (exact) mass is 575 g/mol. The molecule has 0 fully saturated rings. The van der Waals surface area contributed by atoms with Gasteiger partial charge < -0.3 is 10.1 Å². The van der Waals surface area contributed by atoms with Crippen molar-refractivity contribution >= 4 is 57.2 Å². The Kier molecular flexibility index (Phi) is 9.72. The molecule has 2 N–H and O–H groups in total. The Morgan fingerprint density at radius 2 is 1.74 bits per heavy atom. The van der Waals surface area contributed by atoms with Crippen LogP contribution in [0.15, 0.2) is 76.3 Å². The van der Waals surface area contributed by atoms with E-state index in [-0.39, 0.29) is 10.9 Å². The van der Waals surface area contributed by atoms with Crippen LogP contribution in [-0.4, -0.2) is 24.1 Å². The summed E-state index contributed by atoms with van der Waals surface area (Å²) in [5.74, 6) is -0.439. The number of hydrazone groups is 1. The molecule has 0 aliphatic heterocycles. The second-order valence-corrected chi connectivity index (χ2v) is 9.74. The van der Waals surface area contributed by atoms with Crippen molar-refractivity contribution in [1.82, 2.24) is 10.7 Å². The SMILES string of the molecule is CC(C)C(NC(=O)c1ccc(Cl)c(Cl)c1)C(=O)NN=Cc1ccccc1OCc1ccc(Br)cc1. The molecule has 1 unspecified atom stereocenters. The fourth-order valence-corrected chi connectivity index (χ4v) is 3.65. The summed E-state index contributed by atoms with van der Waals surface area (Å²) in [7, 11) is 0. The number of amides is 2. The Balaban J connectivity index is 1.63. The molecule has 1 atom stereocenters. The molecule has 0 aliphatic rings. The average Bonchev–Trinajstić information content (AvgIpc) is 2.84. The largest absolute Gasteiger partial charge is 0.488 e. The summed E-state index contributed by atoms with van der Waals surface area (Å²) < 4.78 is 6.93. The Morgan fingerprint density at radius 1 is 1.03 bits per heavy atom. The molecule has 0 aliphatic carbocycles. The number of nitrogens with one attached hydrogen (secondary N) is 2. The zero-order valence-corrected chi connectivity index (χ0v) is 22.2. The van der Waals surface area contributed by atoms with Gasteiger partial charge >= 0.3 is 0 Å². The summed E-state index contributed by atoms with van der Waals surface area (Å²) in [6.45, 7) is 4.04. The van der Waals surface area contributed by atoms with Crippen molar-refractivity contribution in [3.05, 3.63) is 97.9 Å². The van der Waals surface area contributed by atoms with Gasteiger partial charge in [0.2, 0.25) is 0 Å². The van der Waals surface area contributed by atoms with Gasteiger partial charge in [0.15, 0.2) is 0 Å². The summed E-state index contributed by atoms with van der Waals surface area (Å²) in [6.07, 6.45) is 1.51. The van der Waals surface area contributed by atoms with Crippen molar-refractivity contribution in [3.63, 3.8) is 0 Å². The van der Waals surface area contributed by atoms with E-state index in [9.17, 15) is 9.59 Å². The zero-order chi connectivity index (χ0) is 25.4. The number of benzene rings is 3. The average molecular weight is 577 g/mol. The van der Waals surface area contributed by atoms with E-state index in [4.69, 9.17) is 27.9 Å². The highest BCUT2D eigenvalue weighted by molar-refractivity contribution is 9.10. The van der Waals surface area contributed by atoms with Gasteiger partial charge in [0.1, 0.15) is 18.4 Å². The molecule has 0 spiro atoms. The van der Waals surface area contributed by atoms with Crippen LogP contribution in [0.2, 0.25) is 10.0 Å². The van der Waals surface area contributed by atoms with Gasteiger partial charge in [-0.05, 0) is 53.9 Å². The van der Waals surface area contributed by atoms with Crippen LogP contribution < -0.4 is 15.5 Å². The molecule has 0 aromatic heterocycles. The number of ether oxygens (including phenoxy) is 1. The minimum atomic E-state index is -0.807. The molecule has 3 rings (SSSR count). The summed E-state index contributed by atoms with van der Waals surface area (Å²) in [4.78, 5) is 25.4. The van der Waals surface area contributed by atoms with Crippen LogP contribution in [0.1, 0.15) is 35.3 Å². The predicted molar refractivity (Wildman–Crippen MR) is 143 cm³/mol. The maximum Gasteiger partial charge on any atom is 0.262 e. The molecular weight excluding hydrogens is 553 g/mol. The van der Waals surface area contributed by atoms with Crippen molar-refractivity contribution < 1.29 is 14.3 Å². The van der Waals surface area contributed by atoms with E-state index >= 15 is 0 Å². The third kappa shape index (κ3) is 7.82. The number of hydrogen-bond donors (Lipinski definition) is 2. The molecule has 0 radical (unpaired) electrons. The van der Waals surface area contributed by atoms with Crippen molar-refractivity contribution in [2.24, 2.45) is 11.0 Å². The van der Waals surface area contributed by atoms with E-state index in [1.807, 2.05) is 62.4 Å². The first-order chi connectivity index (χ1) is 16.7. The first-order valence-corrected chi connectivity index (χ1v) is 12.3. The topological polar surface area (TPSA) is 79.8 Å². The zero-order valence-electron chi connectivity index (χ0n) is 19.1. The second kappa shape index (κ2) is 12.7. The smallest absolute Gasteiger partial charge is 0.262 e. The van der Waals surface area contributed by atoms with Gasteiger partial charge in [0, 0.05) is 15.6 Å². The maximum atomic E-state index is 12.8. The lowest BCUT2D eigenvalue weighted by Crippen LogP contribution is -2.48. The Bertz CT molecular complexity index is 1220. The minimum Gasteiger partial charge on any atom is -0.488 e. The molecule has 0 saturated carbocycles. The quantitative estimate of drug-likeness (QED) is 0.234. The van der Waals surface area contributed by atoms with E-state index in [2.05, 4.69) is 31.8 Å². The predicted octanol–water partition coefficient (Wildman–Crippen LogP) is 6.24. The van der Waals surface area contributed by atoms with Crippen LogP contribution >= 0.6 is 39.1 Å². The van der Waals surface area contributed by atoms with Crippen LogP contribution in [0, 0.1) is 5.92 Å². The Morgan fingerprint density at radius 3 is 2.43 bits per heavy atom. The summed E-state index contributed by atoms with van der Waals surface area (Å²) in [5, 5.41) is 7.41. The van der Waals surface area contributed by atoms with Crippen LogP contribution in [-0.2, 0) is 11.4 Å². The molecule has 6 nitrogen and oxygen atoms in total. The molecule has 9 heteroatoms. The normalized spacial score (nSPS) is 11.9. The van der Waals surface area contributed by atoms with Crippen LogP contribution in [0.5, 0.6) is 5.75 Å². The molecule has 3 aromatic rings. The van der Waals surface area contributed by atoms with E-state index in [0.29, 0.717) is 28.5 Å². The fourth-order valence-electron chi connectivity index (χ4n) is 3.09. The second-order valence-electron chi connectivity index (χ2n) is 8.01. The molecule has 2 amide bonds. The van der Waals surface area contributed by atoms with E-state index < -0.39 is 17.9 Å². The lowest BCUT2D eigenvalue weighted by molar-refractivity contribution is -0.123. The van der Waals surface area contributed by atoms with Gasteiger partial charge in [-0.3, -0.25) is 9.59 Å². The maximum absolute atomic E-state index is 12.8. The first-order valence-electron chi connectivity index (χ1n) is 10.8. The first kappa shape index (κ1) is 26.7. The van der Waals surface area contributed by atoms with Crippen LogP contribution in [0.25, 0.3) is 0 Å². The fraction of sp³-hybridized carbons (Fsp3) is 0.192. The Labute approximate surface area is 222 Å². The number of carbonyl (C=O) groups is 2. The highest BCUT2D eigenvalue weighted by Gasteiger charge is 2.24. The van der Waals surface area contributed by atoms with E-state index in [1.54, 1.807) is 6.07 Å². The Hall–Kier alpha value is -2.87. The molecule has 35 heavy (non-hydrogen) atoms. The van der Waals surface area contributed by atoms with E-state index in [1.165, 1.54) is 18.3 Å². The molecule has 0 saturated heterocycles. The standard InChI is InChI=1S/C26H24BrCl2N3O3/c1-16(2)24(31-25(33)18-9-12-21(28)22(29)13-18)26(34)32-30-14-19-5-3-4-6-23(19)35-15-17-7-10-20(27)11-8-17/h3-14,16,24H,15H2,1-2H3,(H,31,33)(H,32,34). The van der Waals surface area contributed by atoms with Crippen molar-refractivity contribution in [2.45, 2.75) is 26.5 Å². The molecular formula is C26H24BrCl2N3O3. The van der Waals surface area contributed by atoms with Gasteiger partial charge in [0.05, 0.1) is 16.3 Å². The number of para-hydroxylation sites is 1. The highest BCUT2D eigenvalue weighted by Crippen LogP contribution is 2.23. The van der Waals surface area contributed by atoms with Gasteiger partial charge in [-0.25, -0.2) is 5.43 Å². The summed E-state index contributed by atoms with van der Waals surface area (Å²) in [6, 6.07) is 18.9. The van der Waals surface area contributed by atoms with Crippen molar-refractivity contribution in [1.29, 1.82) is 0 Å². The molecule has 0 bridgehead atoms. The highest BCUT2D eigenvalue weighted by atomic mass is 79.9. The third-order valence-electron chi connectivity index (χ3n) is 5.02. The van der Waals surface area contributed by atoms with Crippen LogP contribution in [0.4, 0.5) is 0 Å². The summed E-state index contributed by atoms with van der Waals surface area (Å²) >= 11 is 15.3. The number of halogens is 3. The number of rotatable bonds is 9. The third-order valence-corrected chi connectivity index (χ3v) is 6.29. The van der Waals surface area contributed by atoms with Crippen molar-refractivity contribution in [2.75, 3.05) is 0 Å². The molecule has 3 aromatic carbocycles. The van der Waals surface area contributed by atoms with Gasteiger partial charge in [-0.2, -0.15) is 5.10 Å². The van der Waals surface area contributed by atoms with Crippen LogP contribution in [0.3, 0.4) is 0 Å². The van der Waals surface area contributed by atoms with Crippen molar-refractivity contribution in [3.8, 4) is 5.75 Å².